The molecule has 1 heterocycles. The molecule has 1 amide bonds. The molecule has 2 aromatic rings. The van der Waals surface area contributed by atoms with Crippen molar-refractivity contribution < 1.29 is 4.79 Å². The van der Waals surface area contributed by atoms with Crippen LogP contribution in [0.2, 0.25) is 0 Å². The lowest BCUT2D eigenvalue weighted by Gasteiger charge is -2.12. The highest BCUT2D eigenvalue weighted by atomic mass is 16.1. The molecule has 106 valence electrons. The van der Waals surface area contributed by atoms with E-state index < -0.39 is 0 Å². The standard InChI is InChI=1S/C16H21N3O/c1-4-12-10-13-6-5-7-17-15(13)14(11-12)16(20)18-8-9-19(2)3/h5-7,10-11H,4,8-9H2,1-3H3,(H,18,20). The van der Waals surface area contributed by atoms with Crippen LogP contribution in [0.15, 0.2) is 30.5 Å². The van der Waals surface area contributed by atoms with Gasteiger partial charge in [0.25, 0.3) is 5.91 Å². The highest BCUT2D eigenvalue weighted by molar-refractivity contribution is 6.05. The Morgan fingerprint density at radius 3 is 2.85 bits per heavy atom. The van der Waals surface area contributed by atoms with Gasteiger partial charge in [-0.3, -0.25) is 9.78 Å². The van der Waals surface area contributed by atoms with E-state index in [-0.39, 0.29) is 5.91 Å². The van der Waals surface area contributed by atoms with E-state index in [2.05, 4.69) is 23.3 Å². The summed E-state index contributed by atoms with van der Waals surface area (Å²) in [4.78, 5) is 18.7. The summed E-state index contributed by atoms with van der Waals surface area (Å²) in [5.74, 6) is -0.0501. The van der Waals surface area contributed by atoms with Crippen molar-refractivity contribution in [3.63, 3.8) is 0 Å². The molecule has 0 saturated carbocycles. The van der Waals surface area contributed by atoms with Gasteiger partial charge in [0.15, 0.2) is 0 Å². The number of rotatable bonds is 5. The number of fused-ring (bicyclic) bond motifs is 1. The number of carbonyl (C=O) groups is 1. The molecule has 0 saturated heterocycles. The zero-order chi connectivity index (χ0) is 14.5. The predicted molar refractivity (Wildman–Crippen MR) is 82.0 cm³/mol. The normalized spacial score (nSPS) is 11.0. The van der Waals surface area contributed by atoms with E-state index in [1.807, 2.05) is 37.2 Å². The van der Waals surface area contributed by atoms with Gasteiger partial charge in [0.1, 0.15) is 0 Å². The van der Waals surface area contributed by atoms with Gasteiger partial charge in [-0.2, -0.15) is 0 Å². The zero-order valence-corrected chi connectivity index (χ0v) is 12.3. The summed E-state index contributed by atoms with van der Waals surface area (Å²) in [5, 5.41) is 3.97. The third kappa shape index (κ3) is 3.33. The maximum atomic E-state index is 12.3. The third-order valence-electron chi connectivity index (χ3n) is 3.26. The van der Waals surface area contributed by atoms with Crippen LogP contribution in [0.1, 0.15) is 22.8 Å². The molecule has 0 fully saturated rings. The predicted octanol–water partition coefficient (Wildman–Crippen LogP) is 2.09. The molecule has 0 aliphatic rings. The number of hydrogen-bond donors (Lipinski definition) is 1. The lowest BCUT2D eigenvalue weighted by Crippen LogP contribution is -2.31. The smallest absolute Gasteiger partial charge is 0.253 e. The molecule has 0 radical (unpaired) electrons. The second kappa shape index (κ2) is 6.48. The highest BCUT2D eigenvalue weighted by Crippen LogP contribution is 2.19. The number of amides is 1. The summed E-state index contributed by atoms with van der Waals surface area (Å²) >= 11 is 0. The molecule has 1 aromatic heterocycles. The van der Waals surface area contributed by atoms with E-state index in [9.17, 15) is 4.79 Å². The topological polar surface area (TPSA) is 45.2 Å². The Kier molecular flexibility index (Phi) is 4.69. The molecule has 20 heavy (non-hydrogen) atoms. The summed E-state index contributed by atoms with van der Waals surface area (Å²) < 4.78 is 0. The number of aryl methyl sites for hydroxylation is 1. The van der Waals surface area contributed by atoms with E-state index in [0.29, 0.717) is 12.1 Å². The van der Waals surface area contributed by atoms with Crippen molar-refractivity contribution in [1.29, 1.82) is 0 Å². The lowest BCUT2D eigenvalue weighted by molar-refractivity contribution is 0.0952. The van der Waals surface area contributed by atoms with E-state index >= 15 is 0 Å². The van der Waals surface area contributed by atoms with Crippen molar-refractivity contribution in [2.75, 3.05) is 27.2 Å². The highest BCUT2D eigenvalue weighted by Gasteiger charge is 2.12. The van der Waals surface area contributed by atoms with Crippen LogP contribution in [0.5, 0.6) is 0 Å². The van der Waals surface area contributed by atoms with E-state index in [4.69, 9.17) is 0 Å². The molecule has 4 nitrogen and oxygen atoms in total. The van der Waals surface area contributed by atoms with Crippen LogP contribution in [0.4, 0.5) is 0 Å². The summed E-state index contributed by atoms with van der Waals surface area (Å²) in [7, 11) is 3.97. The molecule has 4 heteroatoms. The fourth-order valence-corrected chi connectivity index (χ4v) is 2.12. The third-order valence-corrected chi connectivity index (χ3v) is 3.26. The Bertz CT molecular complexity index is 608. The van der Waals surface area contributed by atoms with Crippen LogP contribution >= 0.6 is 0 Å². The lowest BCUT2D eigenvalue weighted by atomic mass is 10.0. The molecular weight excluding hydrogens is 250 g/mol. The Labute approximate surface area is 119 Å². The number of pyridine rings is 1. The monoisotopic (exact) mass is 271 g/mol. The summed E-state index contributed by atoms with van der Waals surface area (Å²) in [5.41, 5.74) is 2.59. The second-order valence-electron chi connectivity index (χ2n) is 5.13. The molecule has 0 aliphatic carbocycles. The Hall–Kier alpha value is -1.94. The van der Waals surface area contributed by atoms with E-state index in [0.717, 1.165) is 29.4 Å². The van der Waals surface area contributed by atoms with Crippen molar-refractivity contribution in [3.8, 4) is 0 Å². The van der Waals surface area contributed by atoms with Gasteiger partial charge in [-0.15, -0.1) is 0 Å². The van der Waals surface area contributed by atoms with Crippen LogP contribution in [0.3, 0.4) is 0 Å². The minimum absolute atomic E-state index is 0.0501. The van der Waals surface area contributed by atoms with Gasteiger partial charge < -0.3 is 10.2 Å². The van der Waals surface area contributed by atoms with Crippen LogP contribution in [0, 0.1) is 0 Å². The number of likely N-dealkylation sites (N-methyl/N-ethyl adjacent to an activating group) is 1. The average Bonchev–Trinajstić information content (AvgIpc) is 2.45. The first-order valence-corrected chi connectivity index (χ1v) is 6.92. The maximum absolute atomic E-state index is 12.3. The number of nitrogens with one attached hydrogen (secondary N) is 1. The molecule has 2 rings (SSSR count). The quantitative estimate of drug-likeness (QED) is 0.905. The first-order chi connectivity index (χ1) is 9.61. The summed E-state index contributed by atoms with van der Waals surface area (Å²) in [6.07, 6.45) is 2.63. The van der Waals surface area contributed by atoms with Gasteiger partial charge in [0.05, 0.1) is 11.1 Å². The SMILES string of the molecule is CCc1cc(C(=O)NCCN(C)C)c2ncccc2c1. The van der Waals surface area contributed by atoms with Crippen LogP contribution in [-0.4, -0.2) is 43.0 Å². The number of benzene rings is 1. The van der Waals surface area contributed by atoms with Gasteiger partial charge in [-0.1, -0.05) is 13.0 Å². The van der Waals surface area contributed by atoms with Crippen LogP contribution < -0.4 is 5.32 Å². The van der Waals surface area contributed by atoms with Gasteiger partial charge in [0, 0.05) is 24.7 Å². The summed E-state index contributed by atoms with van der Waals surface area (Å²) in [6.45, 7) is 3.55. The van der Waals surface area contributed by atoms with Gasteiger partial charge in [0.2, 0.25) is 0 Å². The van der Waals surface area contributed by atoms with Crippen molar-refractivity contribution in [2.45, 2.75) is 13.3 Å². The largest absolute Gasteiger partial charge is 0.351 e. The maximum Gasteiger partial charge on any atom is 0.253 e. The van der Waals surface area contributed by atoms with Crippen LogP contribution in [-0.2, 0) is 6.42 Å². The average molecular weight is 271 g/mol. The van der Waals surface area contributed by atoms with Crippen molar-refractivity contribution in [3.05, 3.63) is 41.6 Å². The molecule has 0 aliphatic heterocycles. The minimum atomic E-state index is -0.0501. The molecule has 0 unspecified atom stereocenters. The van der Waals surface area contributed by atoms with E-state index in [1.54, 1.807) is 6.20 Å². The number of aromatic nitrogens is 1. The number of nitrogens with zero attached hydrogens (tertiary/aromatic N) is 2. The fraction of sp³-hybridized carbons (Fsp3) is 0.375. The Balaban J connectivity index is 2.29. The molecule has 1 aromatic carbocycles. The van der Waals surface area contributed by atoms with E-state index in [1.165, 1.54) is 0 Å². The van der Waals surface area contributed by atoms with Crippen molar-refractivity contribution in [2.24, 2.45) is 0 Å². The molecular formula is C16H21N3O. The second-order valence-corrected chi connectivity index (χ2v) is 5.13. The van der Waals surface area contributed by atoms with Crippen molar-refractivity contribution in [1.82, 2.24) is 15.2 Å². The number of hydrogen-bond acceptors (Lipinski definition) is 3. The molecule has 0 atom stereocenters. The van der Waals surface area contributed by atoms with Crippen LogP contribution in [0.25, 0.3) is 10.9 Å². The molecule has 0 bridgehead atoms. The van der Waals surface area contributed by atoms with Gasteiger partial charge in [-0.05, 0) is 44.3 Å². The first-order valence-electron chi connectivity index (χ1n) is 6.92. The Morgan fingerprint density at radius 2 is 2.15 bits per heavy atom. The van der Waals surface area contributed by atoms with Crippen molar-refractivity contribution >= 4 is 16.8 Å². The molecule has 1 N–H and O–H groups in total. The zero-order valence-electron chi connectivity index (χ0n) is 12.3. The summed E-state index contributed by atoms with van der Waals surface area (Å²) in [6, 6.07) is 7.94. The van der Waals surface area contributed by atoms with Gasteiger partial charge in [-0.25, -0.2) is 0 Å². The number of carbonyl (C=O) groups excluding carboxylic acids is 1. The minimum Gasteiger partial charge on any atom is -0.351 e. The van der Waals surface area contributed by atoms with Gasteiger partial charge >= 0.3 is 0 Å². The molecule has 0 spiro atoms. The Morgan fingerprint density at radius 1 is 1.35 bits per heavy atom. The fourth-order valence-electron chi connectivity index (χ4n) is 2.12. The first kappa shape index (κ1) is 14.5.